The zero-order valence-corrected chi connectivity index (χ0v) is 15.4. The lowest BCUT2D eigenvalue weighted by atomic mass is 9.61. The number of aromatic nitrogens is 1. The second-order valence-electron chi connectivity index (χ2n) is 7.84. The van der Waals surface area contributed by atoms with E-state index >= 15 is 0 Å². The number of rotatable bonds is 2. The summed E-state index contributed by atoms with van der Waals surface area (Å²) in [5, 5.41) is 0. The van der Waals surface area contributed by atoms with Gasteiger partial charge < -0.3 is 9.64 Å². The molecule has 0 bridgehead atoms. The number of cyclic esters (lactones) is 1. The lowest BCUT2D eigenvalue weighted by Gasteiger charge is -2.50. The first-order chi connectivity index (χ1) is 12.6. The van der Waals surface area contributed by atoms with Crippen LogP contribution in [0.1, 0.15) is 38.8 Å². The molecule has 3 heterocycles. The molecule has 1 aromatic heterocycles. The average Bonchev–Trinajstić information content (AvgIpc) is 2.93. The van der Waals surface area contributed by atoms with Gasteiger partial charge >= 0.3 is 5.97 Å². The topological polar surface area (TPSA) is 59.5 Å². The Bertz CT molecular complexity index is 717. The fraction of sp³-hybridized carbons (Fsp3) is 0.571. The van der Waals surface area contributed by atoms with E-state index in [1.807, 2.05) is 30.0 Å². The van der Waals surface area contributed by atoms with E-state index in [1.165, 1.54) is 0 Å². The molecule has 138 valence electrons. The van der Waals surface area contributed by atoms with Crippen molar-refractivity contribution in [3.05, 3.63) is 36.2 Å². The van der Waals surface area contributed by atoms with Crippen LogP contribution in [0, 0.1) is 23.7 Å². The number of carbonyl (C=O) groups excluding carboxylic acids is 2. The summed E-state index contributed by atoms with van der Waals surface area (Å²) in [5.41, 5.74) is 0.920. The predicted molar refractivity (Wildman–Crippen MR) is 97.8 cm³/mol. The minimum atomic E-state index is -0.107. The summed E-state index contributed by atoms with van der Waals surface area (Å²) in [6.45, 7) is 4.45. The largest absolute Gasteiger partial charge is 0.462 e. The smallest absolute Gasteiger partial charge is 0.309 e. The number of amides is 1. The van der Waals surface area contributed by atoms with Crippen LogP contribution in [0.15, 0.2) is 30.5 Å². The highest BCUT2D eigenvalue weighted by molar-refractivity contribution is 5.77. The van der Waals surface area contributed by atoms with Gasteiger partial charge in [0.25, 0.3) is 0 Å². The number of ether oxygens (including phenoxy) is 1. The van der Waals surface area contributed by atoms with Gasteiger partial charge in [-0.15, -0.1) is 0 Å². The Morgan fingerprint density at radius 1 is 1.38 bits per heavy atom. The van der Waals surface area contributed by atoms with E-state index in [2.05, 4.69) is 17.1 Å². The van der Waals surface area contributed by atoms with Crippen LogP contribution in [0.25, 0.3) is 6.08 Å². The molecule has 0 radical (unpaired) electrons. The molecule has 5 nitrogen and oxygen atoms in total. The standard InChI is InChI=1S/C21H26N2O3/c1-13-20-17(9-8-15-6-3-4-10-22-15)16-7-5-11-23(14(2)24)19(16)12-18(20)21(25)26-13/h3-4,6,8-10,13,16-20H,5,7,11-12H2,1-2H3/b9-8+/t13-,16+,17+,18-,19+,20+/m1/s1. The molecule has 1 aliphatic carbocycles. The molecule has 0 aromatic carbocycles. The fourth-order valence-corrected chi connectivity index (χ4v) is 5.40. The Kier molecular flexibility index (Phi) is 4.55. The summed E-state index contributed by atoms with van der Waals surface area (Å²) in [7, 11) is 0. The average molecular weight is 354 g/mol. The molecule has 3 fully saturated rings. The van der Waals surface area contributed by atoms with E-state index < -0.39 is 0 Å². The normalized spacial score (nSPS) is 36.5. The highest BCUT2D eigenvalue weighted by atomic mass is 16.6. The third-order valence-electron chi connectivity index (χ3n) is 6.46. The van der Waals surface area contributed by atoms with Crippen LogP contribution in [0.4, 0.5) is 0 Å². The SMILES string of the molecule is CC(=O)N1CCC[C@H]2[C@H](/C=C/c3ccccn3)[C@@H]3[C@@H](C)OC(=O)[C@@H]3C[C@@H]21. The van der Waals surface area contributed by atoms with Gasteiger partial charge in [0.1, 0.15) is 6.10 Å². The number of hydrogen-bond acceptors (Lipinski definition) is 4. The number of hydrogen-bond donors (Lipinski definition) is 0. The van der Waals surface area contributed by atoms with Crippen molar-refractivity contribution in [1.82, 2.24) is 9.88 Å². The van der Waals surface area contributed by atoms with Crippen LogP contribution in [-0.2, 0) is 14.3 Å². The van der Waals surface area contributed by atoms with Crippen molar-refractivity contribution in [3.8, 4) is 0 Å². The van der Waals surface area contributed by atoms with Gasteiger partial charge in [-0.1, -0.05) is 12.1 Å². The molecule has 0 N–H and O–H groups in total. The fourth-order valence-electron chi connectivity index (χ4n) is 5.40. The van der Waals surface area contributed by atoms with Gasteiger partial charge in [0.15, 0.2) is 0 Å². The van der Waals surface area contributed by atoms with E-state index in [0.717, 1.165) is 31.5 Å². The van der Waals surface area contributed by atoms with E-state index in [1.54, 1.807) is 13.1 Å². The molecule has 1 aromatic rings. The third-order valence-corrected chi connectivity index (χ3v) is 6.46. The zero-order valence-electron chi connectivity index (χ0n) is 15.4. The number of pyridine rings is 1. The maximum atomic E-state index is 12.4. The Morgan fingerprint density at radius 3 is 2.96 bits per heavy atom. The number of piperidine rings is 1. The Hall–Kier alpha value is -2.17. The lowest BCUT2D eigenvalue weighted by Crippen LogP contribution is -2.55. The Morgan fingerprint density at radius 2 is 2.23 bits per heavy atom. The molecule has 1 saturated carbocycles. The van der Waals surface area contributed by atoms with Crippen LogP contribution >= 0.6 is 0 Å². The number of fused-ring (bicyclic) bond motifs is 2. The predicted octanol–water partition coefficient (Wildman–Crippen LogP) is 2.92. The van der Waals surface area contributed by atoms with Gasteiger partial charge in [0, 0.05) is 31.6 Å². The monoisotopic (exact) mass is 354 g/mol. The maximum absolute atomic E-state index is 12.4. The van der Waals surface area contributed by atoms with Gasteiger partial charge in [-0.25, -0.2) is 0 Å². The first-order valence-corrected chi connectivity index (χ1v) is 9.63. The van der Waals surface area contributed by atoms with E-state index in [4.69, 9.17) is 4.74 Å². The first-order valence-electron chi connectivity index (χ1n) is 9.63. The van der Waals surface area contributed by atoms with Crippen LogP contribution in [0.2, 0.25) is 0 Å². The lowest BCUT2D eigenvalue weighted by molar-refractivity contribution is -0.146. The Labute approximate surface area is 154 Å². The number of likely N-dealkylation sites (tertiary alicyclic amines) is 1. The minimum Gasteiger partial charge on any atom is -0.462 e. The number of esters is 1. The molecule has 1 amide bonds. The van der Waals surface area contributed by atoms with Gasteiger partial charge in [-0.3, -0.25) is 14.6 Å². The molecule has 26 heavy (non-hydrogen) atoms. The highest BCUT2D eigenvalue weighted by Gasteiger charge is 2.55. The van der Waals surface area contributed by atoms with Crippen molar-refractivity contribution < 1.29 is 14.3 Å². The van der Waals surface area contributed by atoms with E-state index in [9.17, 15) is 9.59 Å². The molecule has 5 heteroatoms. The maximum Gasteiger partial charge on any atom is 0.309 e. The van der Waals surface area contributed by atoms with Crippen molar-refractivity contribution >= 4 is 18.0 Å². The molecule has 4 rings (SSSR count). The molecular weight excluding hydrogens is 328 g/mol. The summed E-state index contributed by atoms with van der Waals surface area (Å²) < 4.78 is 5.60. The second kappa shape index (κ2) is 6.86. The van der Waals surface area contributed by atoms with Gasteiger partial charge in [0.05, 0.1) is 11.6 Å². The van der Waals surface area contributed by atoms with Crippen LogP contribution in [0.5, 0.6) is 0 Å². The highest BCUT2D eigenvalue weighted by Crippen LogP contribution is 2.50. The van der Waals surface area contributed by atoms with Crippen LogP contribution in [0.3, 0.4) is 0 Å². The van der Waals surface area contributed by atoms with Crippen molar-refractivity contribution in [2.45, 2.75) is 45.3 Å². The first kappa shape index (κ1) is 17.3. The Balaban J connectivity index is 1.68. The summed E-state index contributed by atoms with van der Waals surface area (Å²) in [6.07, 6.45) is 8.86. The molecule has 6 atom stereocenters. The van der Waals surface area contributed by atoms with Crippen molar-refractivity contribution in [1.29, 1.82) is 0 Å². The quantitative estimate of drug-likeness (QED) is 0.766. The van der Waals surface area contributed by atoms with E-state index in [-0.39, 0.29) is 41.8 Å². The van der Waals surface area contributed by atoms with Crippen LogP contribution < -0.4 is 0 Å². The molecule has 0 unspecified atom stereocenters. The molecule has 3 aliphatic rings. The second-order valence-corrected chi connectivity index (χ2v) is 7.84. The molecule has 2 saturated heterocycles. The number of allylic oxidation sites excluding steroid dienone is 1. The summed E-state index contributed by atoms with van der Waals surface area (Å²) in [5.74, 6) is 0.714. The minimum absolute atomic E-state index is 0.0699. The van der Waals surface area contributed by atoms with Crippen molar-refractivity contribution in [2.75, 3.05) is 6.54 Å². The number of carbonyl (C=O) groups is 2. The summed E-state index contributed by atoms with van der Waals surface area (Å²) >= 11 is 0. The van der Waals surface area contributed by atoms with Gasteiger partial charge in [-0.2, -0.15) is 0 Å². The third kappa shape index (κ3) is 2.93. The van der Waals surface area contributed by atoms with E-state index in [0.29, 0.717) is 5.92 Å². The van der Waals surface area contributed by atoms with Gasteiger partial charge in [0.2, 0.25) is 5.91 Å². The molecular formula is C21H26N2O3. The zero-order chi connectivity index (χ0) is 18.3. The van der Waals surface area contributed by atoms with Crippen LogP contribution in [-0.4, -0.2) is 40.5 Å². The molecule has 0 spiro atoms. The summed E-state index contributed by atoms with van der Waals surface area (Å²) in [4.78, 5) is 31.0. The number of nitrogens with zero attached hydrogens (tertiary/aromatic N) is 2. The van der Waals surface area contributed by atoms with Crippen molar-refractivity contribution in [3.63, 3.8) is 0 Å². The summed E-state index contributed by atoms with van der Waals surface area (Å²) in [6, 6.07) is 6.00. The molecule has 2 aliphatic heterocycles. The van der Waals surface area contributed by atoms with Crippen molar-refractivity contribution in [2.24, 2.45) is 23.7 Å². The van der Waals surface area contributed by atoms with Gasteiger partial charge in [-0.05, 0) is 56.2 Å².